The molecule has 1 fully saturated rings. The summed E-state index contributed by atoms with van der Waals surface area (Å²) in [6, 6.07) is 6.81. The molecule has 0 amide bonds. The van der Waals surface area contributed by atoms with E-state index in [0.717, 1.165) is 24.3 Å². The van der Waals surface area contributed by atoms with Crippen LogP contribution in [-0.2, 0) is 5.33 Å². The first-order valence-electron chi connectivity index (χ1n) is 7.23. The Morgan fingerprint density at radius 3 is 2.37 bits per heavy atom. The van der Waals surface area contributed by atoms with Crippen molar-refractivity contribution >= 4 is 21.6 Å². The number of hydrogen-bond donors (Lipinski definition) is 0. The number of hydrogen-bond acceptors (Lipinski definition) is 2. The predicted octanol–water partition coefficient (Wildman–Crippen LogP) is 3.67. The molecule has 1 aliphatic rings. The van der Waals surface area contributed by atoms with Gasteiger partial charge in [0.2, 0.25) is 0 Å². The fraction of sp³-hybridized carbons (Fsp3) is 0.625. The van der Waals surface area contributed by atoms with E-state index in [4.69, 9.17) is 0 Å². The molecule has 2 rings (SSSR count). The van der Waals surface area contributed by atoms with E-state index in [0.29, 0.717) is 0 Å². The fourth-order valence-electron chi connectivity index (χ4n) is 2.84. The Morgan fingerprint density at radius 1 is 1.16 bits per heavy atom. The quantitative estimate of drug-likeness (QED) is 0.780. The highest BCUT2D eigenvalue weighted by Crippen LogP contribution is 2.23. The number of benzene rings is 1. The van der Waals surface area contributed by atoms with Gasteiger partial charge >= 0.3 is 0 Å². The van der Waals surface area contributed by atoms with E-state index >= 15 is 0 Å². The third kappa shape index (κ3) is 3.96. The van der Waals surface area contributed by atoms with Crippen molar-refractivity contribution in [3.8, 4) is 0 Å². The van der Waals surface area contributed by atoms with E-state index < -0.39 is 0 Å². The minimum atomic E-state index is 0.770. The van der Waals surface area contributed by atoms with Gasteiger partial charge in [0.05, 0.1) is 0 Å². The van der Waals surface area contributed by atoms with Gasteiger partial charge in [-0.1, -0.05) is 41.9 Å². The van der Waals surface area contributed by atoms with E-state index in [-0.39, 0.29) is 0 Å². The Kier molecular flexibility index (Phi) is 5.28. The summed E-state index contributed by atoms with van der Waals surface area (Å²) in [6.07, 6.45) is 0. The molecule has 106 valence electrons. The second kappa shape index (κ2) is 6.76. The van der Waals surface area contributed by atoms with Crippen LogP contribution in [0.25, 0.3) is 0 Å². The molecular weight excluding hydrogens is 300 g/mol. The van der Waals surface area contributed by atoms with Gasteiger partial charge in [0.15, 0.2) is 0 Å². The second-order valence-electron chi connectivity index (χ2n) is 5.94. The molecule has 1 aromatic rings. The molecule has 2 nitrogen and oxygen atoms in total. The van der Waals surface area contributed by atoms with Crippen LogP contribution in [0.2, 0.25) is 0 Å². The predicted molar refractivity (Wildman–Crippen MR) is 87.3 cm³/mol. The molecule has 0 saturated carbocycles. The SMILES string of the molecule is Cc1cc(CBr)ccc1N1CCN(CC(C)C)CC1. The van der Waals surface area contributed by atoms with E-state index in [2.05, 4.69) is 64.7 Å². The van der Waals surface area contributed by atoms with Crippen molar-refractivity contribution in [1.29, 1.82) is 0 Å². The molecule has 3 heteroatoms. The second-order valence-corrected chi connectivity index (χ2v) is 6.50. The van der Waals surface area contributed by atoms with E-state index in [1.165, 1.54) is 36.4 Å². The first-order chi connectivity index (χ1) is 9.10. The van der Waals surface area contributed by atoms with Crippen LogP contribution >= 0.6 is 15.9 Å². The number of piperazine rings is 1. The summed E-state index contributed by atoms with van der Waals surface area (Å²) in [4.78, 5) is 5.12. The van der Waals surface area contributed by atoms with Crippen molar-refractivity contribution < 1.29 is 0 Å². The van der Waals surface area contributed by atoms with Crippen LogP contribution in [0.5, 0.6) is 0 Å². The van der Waals surface area contributed by atoms with Crippen LogP contribution in [0.3, 0.4) is 0 Å². The summed E-state index contributed by atoms with van der Waals surface area (Å²) < 4.78 is 0. The van der Waals surface area contributed by atoms with Crippen molar-refractivity contribution in [1.82, 2.24) is 4.90 Å². The number of alkyl halides is 1. The molecule has 0 bridgehead atoms. The lowest BCUT2D eigenvalue weighted by molar-refractivity contribution is 0.231. The van der Waals surface area contributed by atoms with Crippen LogP contribution in [0.1, 0.15) is 25.0 Å². The molecule has 1 saturated heterocycles. The van der Waals surface area contributed by atoms with Crippen molar-refractivity contribution in [2.24, 2.45) is 5.92 Å². The Labute approximate surface area is 125 Å². The molecule has 1 aliphatic heterocycles. The average molecular weight is 325 g/mol. The number of anilines is 1. The molecule has 19 heavy (non-hydrogen) atoms. The lowest BCUT2D eigenvalue weighted by Gasteiger charge is -2.37. The molecule has 0 N–H and O–H groups in total. The third-order valence-corrected chi connectivity index (χ3v) is 4.40. The summed E-state index contributed by atoms with van der Waals surface area (Å²) >= 11 is 3.52. The number of rotatable bonds is 4. The van der Waals surface area contributed by atoms with Gasteiger partial charge in [-0.3, -0.25) is 4.90 Å². The Bertz CT molecular complexity index is 409. The smallest absolute Gasteiger partial charge is 0.0397 e. The van der Waals surface area contributed by atoms with Crippen molar-refractivity contribution in [2.45, 2.75) is 26.1 Å². The van der Waals surface area contributed by atoms with Crippen LogP contribution in [0.15, 0.2) is 18.2 Å². The zero-order valence-corrected chi connectivity index (χ0v) is 13.9. The molecule has 0 aliphatic carbocycles. The minimum absolute atomic E-state index is 0.770. The summed E-state index contributed by atoms with van der Waals surface area (Å²) in [7, 11) is 0. The number of halogens is 1. The Hall–Kier alpha value is -0.540. The Morgan fingerprint density at radius 2 is 1.84 bits per heavy atom. The Balaban J connectivity index is 1.97. The van der Waals surface area contributed by atoms with Crippen LogP contribution in [0, 0.1) is 12.8 Å². The summed E-state index contributed by atoms with van der Waals surface area (Å²) in [6.45, 7) is 12.8. The lowest BCUT2D eigenvalue weighted by Crippen LogP contribution is -2.47. The summed E-state index contributed by atoms with van der Waals surface area (Å²) in [5.74, 6) is 0.770. The normalized spacial score (nSPS) is 17.2. The monoisotopic (exact) mass is 324 g/mol. The van der Waals surface area contributed by atoms with Crippen molar-refractivity contribution in [2.75, 3.05) is 37.6 Å². The molecule has 1 heterocycles. The van der Waals surface area contributed by atoms with E-state index in [1.807, 2.05) is 0 Å². The fourth-order valence-corrected chi connectivity index (χ4v) is 3.19. The van der Waals surface area contributed by atoms with Gasteiger partial charge in [0.25, 0.3) is 0 Å². The highest BCUT2D eigenvalue weighted by Gasteiger charge is 2.18. The topological polar surface area (TPSA) is 6.48 Å². The maximum atomic E-state index is 3.52. The van der Waals surface area contributed by atoms with Gasteiger partial charge in [-0.05, 0) is 30.0 Å². The van der Waals surface area contributed by atoms with E-state index in [1.54, 1.807) is 0 Å². The number of nitrogens with zero attached hydrogens (tertiary/aromatic N) is 2. The number of aryl methyl sites for hydroxylation is 1. The molecule has 0 spiro atoms. The van der Waals surface area contributed by atoms with Crippen molar-refractivity contribution in [3.63, 3.8) is 0 Å². The first kappa shape index (κ1) is 14.9. The van der Waals surface area contributed by atoms with Crippen LogP contribution in [-0.4, -0.2) is 37.6 Å². The molecule has 0 aromatic heterocycles. The summed E-state index contributed by atoms with van der Waals surface area (Å²) in [5.41, 5.74) is 4.17. The highest BCUT2D eigenvalue weighted by atomic mass is 79.9. The molecule has 1 aromatic carbocycles. The van der Waals surface area contributed by atoms with Crippen LogP contribution < -0.4 is 4.90 Å². The zero-order chi connectivity index (χ0) is 13.8. The van der Waals surface area contributed by atoms with Gasteiger partial charge in [-0.2, -0.15) is 0 Å². The van der Waals surface area contributed by atoms with Gasteiger partial charge < -0.3 is 4.90 Å². The average Bonchev–Trinajstić information content (AvgIpc) is 2.39. The van der Waals surface area contributed by atoms with E-state index in [9.17, 15) is 0 Å². The minimum Gasteiger partial charge on any atom is -0.369 e. The standard InChI is InChI=1S/C16H25BrN2/c1-13(2)12-18-6-8-19(9-7-18)16-5-4-15(11-17)10-14(16)3/h4-5,10,13H,6-9,11-12H2,1-3H3. The zero-order valence-electron chi connectivity index (χ0n) is 12.3. The van der Waals surface area contributed by atoms with Gasteiger partial charge in [0.1, 0.15) is 0 Å². The van der Waals surface area contributed by atoms with Gasteiger partial charge in [-0.25, -0.2) is 0 Å². The molecular formula is C16H25BrN2. The molecule has 0 atom stereocenters. The van der Waals surface area contributed by atoms with Crippen LogP contribution in [0.4, 0.5) is 5.69 Å². The highest BCUT2D eigenvalue weighted by molar-refractivity contribution is 9.08. The first-order valence-corrected chi connectivity index (χ1v) is 8.35. The lowest BCUT2D eigenvalue weighted by atomic mass is 10.1. The third-order valence-electron chi connectivity index (χ3n) is 3.75. The molecule has 0 radical (unpaired) electrons. The van der Waals surface area contributed by atoms with Gasteiger partial charge in [-0.15, -0.1) is 0 Å². The maximum absolute atomic E-state index is 3.52. The summed E-state index contributed by atoms with van der Waals surface area (Å²) in [5, 5.41) is 0.941. The largest absolute Gasteiger partial charge is 0.369 e. The van der Waals surface area contributed by atoms with Gasteiger partial charge in [0, 0.05) is 43.7 Å². The van der Waals surface area contributed by atoms with Crippen molar-refractivity contribution in [3.05, 3.63) is 29.3 Å². The molecule has 0 unspecified atom stereocenters. The maximum Gasteiger partial charge on any atom is 0.0397 e.